The summed E-state index contributed by atoms with van der Waals surface area (Å²) in [5.41, 5.74) is 2.09. The number of aryl methyl sites for hydroxylation is 1. The Morgan fingerprint density at radius 3 is 2.95 bits per heavy atom. The predicted octanol–water partition coefficient (Wildman–Crippen LogP) is 0.551. The number of rotatable bonds is 4. The first kappa shape index (κ1) is 14.5. The van der Waals surface area contributed by atoms with Crippen molar-refractivity contribution < 1.29 is 4.79 Å². The van der Waals surface area contributed by atoms with E-state index in [0.29, 0.717) is 12.6 Å². The number of carbonyl (C=O) groups excluding carboxylic acids is 1. The lowest BCUT2D eigenvalue weighted by Crippen LogP contribution is -2.50. The minimum atomic E-state index is 0.0558. The van der Waals surface area contributed by atoms with Crippen molar-refractivity contribution in [3.63, 3.8) is 0 Å². The minimum Gasteiger partial charge on any atom is -0.351 e. The summed E-state index contributed by atoms with van der Waals surface area (Å²) in [5, 5.41) is 13.4. The second kappa shape index (κ2) is 6.58. The number of H-pyrrole nitrogens is 1. The molecule has 0 spiro atoms. The summed E-state index contributed by atoms with van der Waals surface area (Å²) in [5.74, 6) is 0.173. The lowest BCUT2D eigenvalue weighted by Gasteiger charge is -2.35. The summed E-state index contributed by atoms with van der Waals surface area (Å²) >= 11 is 0. The maximum atomic E-state index is 12.5. The van der Waals surface area contributed by atoms with Crippen LogP contribution in [0.5, 0.6) is 0 Å². The first-order valence-corrected chi connectivity index (χ1v) is 7.98. The number of likely N-dealkylation sites (tertiary alicyclic amines) is 1. The summed E-state index contributed by atoms with van der Waals surface area (Å²) < 4.78 is 0. The van der Waals surface area contributed by atoms with Gasteiger partial charge >= 0.3 is 0 Å². The molecule has 2 fully saturated rings. The van der Waals surface area contributed by atoms with E-state index in [-0.39, 0.29) is 11.9 Å². The van der Waals surface area contributed by atoms with E-state index < -0.39 is 0 Å². The van der Waals surface area contributed by atoms with Crippen molar-refractivity contribution in [1.82, 2.24) is 25.7 Å². The van der Waals surface area contributed by atoms with Gasteiger partial charge in [0.05, 0.1) is 12.2 Å². The van der Waals surface area contributed by atoms with Crippen molar-refractivity contribution in [1.29, 1.82) is 0 Å². The highest BCUT2D eigenvalue weighted by Gasteiger charge is 2.35. The molecule has 116 valence electrons. The average molecular weight is 291 g/mol. The van der Waals surface area contributed by atoms with Crippen molar-refractivity contribution >= 4 is 5.91 Å². The van der Waals surface area contributed by atoms with E-state index in [9.17, 15) is 4.79 Å². The van der Waals surface area contributed by atoms with Gasteiger partial charge in [-0.05, 0) is 52.2 Å². The van der Waals surface area contributed by atoms with Gasteiger partial charge in [0.1, 0.15) is 0 Å². The van der Waals surface area contributed by atoms with Crippen LogP contribution in [0.25, 0.3) is 0 Å². The molecule has 3 heterocycles. The first-order valence-electron chi connectivity index (χ1n) is 7.98. The zero-order chi connectivity index (χ0) is 14.7. The smallest absolute Gasteiger partial charge is 0.237 e. The molecule has 2 saturated heterocycles. The van der Waals surface area contributed by atoms with Crippen LogP contribution in [0, 0.1) is 6.92 Å². The van der Waals surface area contributed by atoms with E-state index in [1.54, 1.807) is 6.20 Å². The number of carbonyl (C=O) groups is 1. The SMILES string of the molecule is Cc1[nH]ncc1CNC(=O)C1CCCN1C1CCNCC1. The lowest BCUT2D eigenvalue weighted by molar-refractivity contribution is -0.126. The Morgan fingerprint density at radius 1 is 1.43 bits per heavy atom. The van der Waals surface area contributed by atoms with Crippen LogP contribution in [0.2, 0.25) is 0 Å². The molecule has 1 unspecified atom stereocenters. The summed E-state index contributed by atoms with van der Waals surface area (Å²) in [7, 11) is 0. The number of aromatic amines is 1. The Balaban J connectivity index is 1.56. The first-order chi connectivity index (χ1) is 10.3. The molecule has 3 N–H and O–H groups in total. The van der Waals surface area contributed by atoms with E-state index in [1.165, 1.54) is 0 Å². The zero-order valence-corrected chi connectivity index (χ0v) is 12.7. The Bertz CT molecular complexity index is 480. The molecule has 1 atom stereocenters. The fourth-order valence-electron chi connectivity index (χ4n) is 3.50. The van der Waals surface area contributed by atoms with Crippen molar-refractivity contribution in [2.75, 3.05) is 19.6 Å². The van der Waals surface area contributed by atoms with Crippen molar-refractivity contribution in [3.8, 4) is 0 Å². The van der Waals surface area contributed by atoms with Gasteiger partial charge in [-0.2, -0.15) is 5.10 Å². The molecule has 1 aromatic heterocycles. The van der Waals surface area contributed by atoms with Crippen LogP contribution < -0.4 is 10.6 Å². The quantitative estimate of drug-likeness (QED) is 0.757. The molecule has 1 amide bonds. The largest absolute Gasteiger partial charge is 0.351 e. The summed E-state index contributed by atoms with van der Waals surface area (Å²) in [6, 6.07) is 0.625. The van der Waals surface area contributed by atoms with Gasteiger partial charge in [-0.1, -0.05) is 0 Å². The van der Waals surface area contributed by atoms with Crippen LogP contribution in [-0.4, -0.2) is 52.7 Å². The molecule has 0 bridgehead atoms. The molecule has 6 heteroatoms. The lowest BCUT2D eigenvalue weighted by atomic mass is 10.0. The van der Waals surface area contributed by atoms with Crippen LogP contribution in [-0.2, 0) is 11.3 Å². The van der Waals surface area contributed by atoms with E-state index >= 15 is 0 Å². The van der Waals surface area contributed by atoms with E-state index in [4.69, 9.17) is 0 Å². The Morgan fingerprint density at radius 2 is 2.24 bits per heavy atom. The highest BCUT2D eigenvalue weighted by molar-refractivity contribution is 5.82. The fraction of sp³-hybridized carbons (Fsp3) is 0.733. The number of nitrogens with one attached hydrogen (secondary N) is 3. The molecule has 0 aromatic carbocycles. The molecule has 0 aliphatic carbocycles. The number of nitrogens with zero attached hydrogens (tertiary/aromatic N) is 2. The number of aromatic nitrogens is 2. The zero-order valence-electron chi connectivity index (χ0n) is 12.7. The maximum Gasteiger partial charge on any atom is 0.237 e. The predicted molar refractivity (Wildman–Crippen MR) is 80.8 cm³/mol. The molecular weight excluding hydrogens is 266 g/mol. The molecule has 0 saturated carbocycles. The van der Waals surface area contributed by atoms with E-state index in [2.05, 4.69) is 25.7 Å². The molecule has 3 rings (SSSR count). The molecule has 2 aliphatic rings. The van der Waals surface area contributed by atoms with Gasteiger partial charge in [-0.3, -0.25) is 14.8 Å². The van der Waals surface area contributed by atoms with Crippen molar-refractivity contribution in [3.05, 3.63) is 17.5 Å². The monoisotopic (exact) mass is 291 g/mol. The average Bonchev–Trinajstić information content (AvgIpc) is 3.15. The third-order valence-corrected chi connectivity index (χ3v) is 4.76. The van der Waals surface area contributed by atoms with Crippen molar-refractivity contribution in [2.45, 2.75) is 51.2 Å². The maximum absolute atomic E-state index is 12.5. The van der Waals surface area contributed by atoms with Crippen LogP contribution in [0.3, 0.4) is 0 Å². The standard InChI is InChI=1S/C15H25N5O/c1-11-12(10-18-19-11)9-17-15(21)14-3-2-8-20(14)13-4-6-16-7-5-13/h10,13-14,16H,2-9H2,1H3,(H,17,21)(H,18,19). The number of amides is 1. The molecule has 1 aromatic rings. The Hall–Kier alpha value is -1.40. The van der Waals surface area contributed by atoms with E-state index in [1.807, 2.05) is 6.92 Å². The molecule has 6 nitrogen and oxygen atoms in total. The van der Waals surface area contributed by atoms with Gasteiger partial charge in [0, 0.05) is 23.8 Å². The van der Waals surface area contributed by atoms with Crippen LogP contribution in [0.15, 0.2) is 6.20 Å². The number of piperidine rings is 1. The third-order valence-electron chi connectivity index (χ3n) is 4.76. The van der Waals surface area contributed by atoms with Gasteiger partial charge in [0.25, 0.3) is 0 Å². The second-order valence-electron chi connectivity index (χ2n) is 6.12. The van der Waals surface area contributed by atoms with Gasteiger partial charge in [0.2, 0.25) is 5.91 Å². The summed E-state index contributed by atoms with van der Waals surface area (Å²) in [6.45, 7) is 5.75. The van der Waals surface area contributed by atoms with Gasteiger partial charge in [0.15, 0.2) is 0 Å². The number of hydrogen-bond donors (Lipinski definition) is 3. The van der Waals surface area contributed by atoms with Crippen LogP contribution in [0.4, 0.5) is 0 Å². The second-order valence-corrected chi connectivity index (χ2v) is 6.12. The van der Waals surface area contributed by atoms with Gasteiger partial charge < -0.3 is 10.6 Å². The molecule has 21 heavy (non-hydrogen) atoms. The minimum absolute atomic E-state index is 0.0558. The number of hydrogen-bond acceptors (Lipinski definition) is 4. The normalized spacial score (nSPS) is 24.3. The Labute approximate surface area is 125 Å². The fourth-order valence-corrected chi connectivity index (χ4v) is 3.50. The van der Waals surface area contributed by atoms with Gasteiger partial charge in [-0.15, -0.1) is 0 Å². The third kappa shape index (κ3) is 3.27. The van der Waals surface area contributed by atoms with E-state index in [0.717, 1.165) is 56.6 Å². The Kier molecular flexibility index (Phi) is 4.55. The highest BCUT2D eigenvalue weighted by atomic mass is 16.2. The van der Waals surface area contributed by atoms with Gasteiger partial charge in [-0.25, -0.2) is 0 Å². The molecular formula is C15H25N5O. The summed E-state index contributed by atoms with van der Waals surface area (Å²) in [6.07, 6.45) is 6.22. The summed E-state index contributed by atoms with van der Waals surface area (Å²) in [4.78, 5) is 14.9. The topological polar surface area (TPSA) is 73.0 Å². The highest BCUT2D eigenvalue weighted by Crippen LogP contribution is 2.24. The van der Waals surface area contributed by atoms with Crippen molar-refractivity contribution in [2.24, 2.45) is 0 Å². The van der Waals surface area contributed by atoms with Crippen LogP contribution in [0.1, 0.15) is 36.9 Å². The van der Waals surface area contributed by atoms with Crippen LogP contribution >= 0.6 is 0 Å². The molecule has 0 radical (unpaired) electrons. The molecule has 2 aliphatic heterocycles.